The topological polar surface area (TPSA) is 43.1 Å². The van der Waals surface area contributed by atoms with Crippen molar-refractivity contribution < 1.29 is 4.79 Å². The van der Waals surface area contributed by atoms with Gasteiger partial charge in [-0.1, -0.05) is 44.7 Å². The molecule has 0 unspecified atom stereocenters. The molecule has 0 heterocycles. The molecular weight excluding hydrogens is 210 g/mol. The fraction of sp³-hybridized carbons (Fsp3) is 0.533. The predicted molar refractivity (Wildman–Crippen MR) is 73.3 cm³/mol. The molecule has 0 aliphatic rings. The second kappa shape index (κ2) is 7.10. The Kier molecular flexibility index (Phi) is 5.75. The van der Waals surface area contributed by atoms with Gasteiger partial charge in [-0.25, -0.2) is 0 Å². The number of ketones is 1. The van der Waals surface area contributed by atoms with Crippen LogP contribution in [0.1, 0.15) is 61.4 Å². The third-order valence-electron chi connectivity index (χ3n) is 3.18. The summed E-state index contributed by atoms with van der Waals surface area (Å²) in [4.78, 5) is 12.0. The largest absolute Gasteiger partial charge is 0.398 e. The van der Waals surface area contributed by atoms with Gasteiger partial charge in [-0.15, -0.1) is 0 Å². The van der Waals surface area contributed by atoms with E-state index in [0.29, 0.717) is 12.1 Å². The molecule has 2 N–H and O–H groups in total. The van der Waals surface area contributed by atoms with Gasteiger partial charge in [-0.2, -0.15) is 0 Å². The van der Waals surface area contributed by atoms with Crippen LogP contribution in [0.5, 0.6) is 0 Å². The molecule has 0 aliphatic carbocycles. The highest BCUT2D eigenvalue weighted by Crippen LogP contribution is 2.18. The molecule has 94 valence electrons. The van der Waals surface area contributed by atoms with Gasteiger partial charge in [0.15, 0.2) is 5.78 Å². The van der Waals surface area contributed by atoms with Gasteiger partial charge in [-0.05, 0) is 25.0 Å². The number of hydrogen-bond acceptors (Lipinski definition) is 2. The highest BCUT2D eigenvalue weighted by molar-refractivity contribution is 5.98. The number of carbonyl (C=O) groups is 1. The lowest BCUT2D eigenvalue weighted by Crippen LogP contribution is -2.03. The molecule has 0 fully saturated rings. The van der Waals surface area contributed by atoms with E-state index >= 15 is 0 Å². The van der Waals surface area contributed by atoms with Crippen LogP contribution < -0.4 is 5.73 Å². The van der Waals surface area contributed by atoms with Crippen molar-refractivity contribution in [3.63, 3.8) is 0 Å². The number of benzene rings is 1. The molecule has 0 aliphatic heterocycles. The summed E-state index contributed by atoms with van der Waals surface area (Å²) in [6.07, 6.45) is 6.54. The Labute approximate surface area is 104 Å². The molecule has 1 aromatic rings. The highest BCUT2D eigenvalue weighted by atomic mass is 16.1. The van der Waals surface area contributed by atoms with Crippen molar-refractivity contribution in [2.75, 3.05) is 5.73 Å². The van der Waals surface area contributed by atoms with Gasteiger partial charge < -0.3 is 5.73 Å². The summed E-state index contributed by atoms with van der Waals surface area (Å²) < 4.78 is 0. The minimum Gasteiger partial charge on any atom is -0.398 e. The number of rotatable bonds is 7. The van der Waals surface area contributed by atoms with Gasteiger partial charge in [0.05, 0.1) is 0 Å². The molecule has 0 radical (unpaired) electrons. The summed E-state index contributed by atoms with van der Waals surface area (Å²) in [6.45, 7) is 4.11. The van der Waals surface area contributed by atoms with E-state index in [1.165, 1.54) is 19.3 Å². The molecule has 2 heteroatoms. The molecule has 1 aromatic carbocycles. The lowest BCUT2D eigenvalue weighted by Gasteiger charge is -2.07. The van der Waals surface area contributed by atoms with Crippen LogP contribution in [-0.4, -0.2) is 5.78 Å². The number of Topliss-reactive ketones (excluding diaryl/α,β-unsaturated/α-hetero) is 1. The Morgan fingerprint density at radius 1 is 1.18 bits per heavy atom. The quantitative estimate of drug-likeness (QED) is 0.437. The normalized spacial score (nSPS) is 10.5. The Hall–Kier alpha value is -1.31. The molecular formula is C15H23NO. The van der Waals surface area contributed by atoms with Gasteiger partial charge in [0.25, 0.3) is 0 Å². The zero-order chi connectivity index (χ0) is 12.7. The van der Waals surface area contributed by atoms with E-state index in [0.717, 1.165) is 24.0 Å². The van der Waals surface area contributed by atoms with Crippen molar-refractivity contribution in [3.8, 4) is 0 Å². The maximum absolute atomic E-state index is 12.0. The zero-order valence-corrected chi connectivity index (χ0v) is 11.0. The number of unbranched alkanes of at least 4 members (excludes halogenated alkanes) is 4. The van der Waals surface area contributed by atoms with E-state index in [2.05, 4.69) is 6.92 Å². The van der Waals surface area contributed by atoms with Crippen LogP contribution in [0.25, 0.3) is 0 Å². The minimum absolute atomic E-state index is 0.228. The molecule has 17 heavy (non-hydrogen) atoms. The van der Waals surface area contributed by atoms with Crippen molar-refractivity contribution in [2.45, 2.75) is 52.4 Å². The predicted octanol–water partition coefficient (Wildman–Crippen LogP) is 4.12. The summed E-state index contributed by atoms with van der Waals surface area (Å²) in [5.41, 5.74) is 8.23. The Balaban J connectivity index is 2.44. The van der Waals surface area contributed by atoms with E-state index in [4.69, 9.17) is 5.73 Å². The maximum atomic E-state index is 12.0. The first kappa shape index (κ1) is 13.8. The number of nitrogens with two attached hydrogens (primary N) is 1. The smallest absolute Gasteiger partial charge is 0.163 e. The number of anilines is 1. The Bertz CT molecular complexity index is 371. The van der Waals surface area contributed by atoms with E-state index in [9.17, 15) is 4.79 Å². The van der Waals surface area contributed by atoms with Crippen LogP contribution >= 0.6 is 0 Å². The molecule has 0 saturated heterocycles. The highest BCUT2D eigenvalue weighted by Gasteiger charge is 2.09. The van der Waals surface area contributed by atoms with Gasteiger partial charge in [0, 0.05) is 17.7 Å². The van der Waals surface area contributed by atoms with Crippen LogP contribution in [-0.2, 0) is 0 Å². The van der Waals surface area contributed by atoms with Crippen LogP contribution in [0.3, 0.4) is 0 Å². The second-order valence-corrected chi connectivity index (χ2v) is 4.61. The van der Waals surface area contributed by atoms with Gasteiger partial charge in [0.2, 0.25) is 0 Å². The van der Waals surface area contributed by atoms with Crippen LogP contribution in [0.4, 0.5) is 5.69 Å². The Morgan fingerprint density at radius 3 is 2.59 bits per heavy atom. The van der Waals surface area contributed by atoms with Crippen molar-refractivity contribution in [1.82, 2.24) is 0 Å². The first-order chi connectivity index (χ1) is 8.16. The summed E-state index contributed by atoms with van der Waals surface area (Å²) >= 11 is 0. The molecule has 0 saturated carbocycles. The Morgan fingerprint density at radius 2 is 1.88 bits per heavy atom. The maximum Gasteiger partial charge on any atom is 0.163 e. The lowest BCUT2D eigenvalue weighted by atomic mass is 9.99. The van der Waals surface area contributed by atoms with E-state index in [1.54, 1.807) is 0 Å². The number of carbonyl (C=O) groups excluding carboxylic acids is 1. The first-order valence-electron chi connectivity index (χ1n) is 6.55. The molecule has 0 spiro atoms. The lowest BCUT2D eigenvalue weighted by molar-refractivity contribution is 0.0978. The van der Waals surface area contributed by atoms with Crippen molar-refractivity contribution in [1.29, 1.82) is 0 Å². The summed E-state index contributed by atoms with van der Waals surface area (Å²) in [5, 5.41) is 0. The third kappa shape index (κ3) is 4.22. The van der Waals surface area contributed by atoms with E-state index in [1.807, 2.05) is 25.1 Å². The first-order valence-corrected chi connectivity index (χ1v) is 6.55. The molecule has 1 rings (SSSR count). The van der Waals surface area contributed by atoms with E-state index in [-0.39, 0.29) is 5.78 Å². The zero-order valence-electron chi connectivity index (χ0n) is 11.0. The van der Waals surface area contributed by atoms with Crippen molar-refractivity contribution >= 4 is 11.5 Å². The molecule has 2 nitrogen and oxygen atoms in total. The van der Waals surface area contributed by atoms with Crippen LogP contribution in [0.2, 0.25) is 0 Å². The van der Waals surface area contributed by atoms with Crippen LogP contribution in [0.15, 0.2) is 18.2 Å². The van der Waals surface area contributed by atoms with Gasteiger partial charge in [0.1, 0.15) is 0 Å². The summed E-state index contributed by atoms with van der Waals surface area (Å²) in [5.74, 6) is 0.228. The molecule has 0 atom stereocenters. The number of nitrogen functional groups attached to an aromatic ring is 1. The molecule has 0 amide bonds. The van der Waals surface area contributed by atoms with Gasteiger partial charge >= 0.3 is 0 Å². The average molecular weight is 233 g/mol. The third-order valence-corrected chi connectivity index (χ3v) is 3.18. The van der Waals surface area contributed by atoms with Crippen molar-refractivity contribution in [2.24, 2.45) is 0 Å². The minimum atomic E-state index is 0.228. The summed E-state index contributed by atoms with van der Waals surface area (Å²) in [7, 11) is 0. The van der Waals surface area contributed by atoms with Gasteiger partial charge in [-0.3, -0.25) is 4.79 Å². The average Bonchev–Trinajstić information content (AvgIpc) is 2.32. The molecule has 0 aromatic heterocycles. The van der Waals surface area contributed by atoms with Crippen molar-refractivity contribution in [3.05, 3.63) is 29.3 Å². The fourth-order valence-corrected chi connectivity index (χ4v) is 1.98. The standard InChI is InChI=1S/C15H23NO/c1-3-4-5-6-7-11-15(17)13-9-8-10-14(16)12(13)2/h8-10H,3-7,11,16H2,1-2H3. The number of hydrogen-bond donors (Lipinski definition) is 1. The monoisotopic (exact) mass is 233 g/mol. The summed E-state index contributed by atoms with van der Waals surface area (Å²) in [6, 6.07) is 5.57. The second-order valence-electron chi connectivity index (χ2n) is 4.61. The molecule has 0 bridgehead atoms. The van der Waals surface area contributed by atoms with E-state index < -0.39 is 0 Å². The fourth-order valence-electron chi connectivity index (χ4n) is 1.98. The van der Waals surface area contributed by atoms with Crippen LogP contribution in [0, 0.1) is 6.92 Å². The SMILES string of the molecule is CCCCCCCC(=O)c1cccc(N)c1C.